The molecule has 0 saturated heterocycles. The van der Waals surface area contributed by atoms with Gasteiger partial charge in [0.05, 0.1) is 0 Å². The number of nitrogens with zero attached hydrogens (tertiary/aromatic N) is 2. The molecular formula is C13H14N4O2. The van der Waals surface area contributed by atoms with Gasteiger partial charge in [0, 0.05) is 31.8 Å². The molecule has 2 aromatic heterocycles. The van der Waals surface area contributed by atoms with E-state index in [1.165, 1.54) is 13.0 Å². The molecule has 2 heterocycles. The maximum Gasteiger partial charge on any atom is 0.252 e. The van der Waals surface area contributed by atoms with E-state index in [9.17, 15) is 9.59 Å². The Morgan fingerprint density at radius 1 is 1.42 bits per heavy atom. The Morgan fingerprint density at radius 2 is 2.26 bits per heavy atom. The highest BCUT2D eigenvalue weighted by Crippen LogP contribution is 2.04. The number of pyridine rings is 1. The molecule has 0 fully saturated rings. The van der Waals surface area contributed by atoms with E-state index in [1.54, 1.807) is 12.4 Å². The van der Waals surface area contributed by atoms with Crippen LogP contribution < -0.4 is 10.9 Å². The molecule has 2 N–H and O–H groups in total. The molecule has 6 nitrogen and oxygen atoms in total. The van der Waals surface area contributed by atoms with Crippen LogP contribution in [0.3, 0.4) is 0 Å². The average Bonchev–Trinajstić information content (AvgIpc) is 2.36. The Morgan fingerprint density at radius 3 is 2.95 bits per heavy atom. The zero-order chi connectivity index (χ0) is 13.7. The average molecular weight is 258 g/mol. The third kappa shape index (κ3) is 4.02. The third-order valence-electron chi connectivity index (χ3n) is 2.47. The van der Waals surface area contributed by atoms with Crippen LogP contribution in [0.1, 0.15) is 18.3 Å². The largest absolute Gasteiger partial charge is 0.311 e. The van der Waals surface area contributed by atoms with E-state index in [1.807, 2.05) is 12.1 Å². The Hall–Kier alpha value is -2.50. The minimum atomic E-state index is -0.278. The zero-order valence-electron chi connectivity index (χ0n) is 10.5. The Bertz CT molecular complexity index is 622. The summed E-state index contributed by atoms with van der Waals surface area (Å²) >= 11 is 0. The van der Waals surface area contributed by atoms with Crippen molar-refractivity contribution in [2.75, 3.05) is 5.32 Å². The van der Waals surface area contributed by atoms with E-state index in [2.05, 4.69) is 20.3 Å². The van der Waals surface area contributed by atoms with Crippen LogP contribution in [0.4, 0.5) is 5.82 Å². The van der Waals surface area contributed by atoms with Crippen LogP contribution >= 0.6 is 0 Å². The number of aromatic amines is 1. The van der Waals surface area contributed by atoms with Crippen molar-refractivity contribution in [3.05, 3.63) is 52.3 Å². The molecular weight excluding hydrogens is 244 g/mol. The smallest absolute Gasteiger partial charge is 0.252 e. The molecule has 0 aliphatic rings. The summed E-state index contributed by atoms with van der Waals surface area (Å²) in [4.78, 5) is 33.2. The van der Waals surface area contributed by atoms with Crippen LogP contribution in [-0.4, -0.2) is 20.9 Å². The van der Waals surface area contributed by atoms with Crippen molar-refractivity contribution in [1.29, 1.82) is 0 Å². The molecule has 0 bridgehead atoms. The van der Waals surface area contributed by atoms with E-state index < -0.39 is 0 Å². The van der Waals surface area contributed by atoms with Crippen LogP contribution in [0.2, 0.25) is 0 Å². The quantitative estimate of drug-likeness (QED) is 0.853. The van der Waals surface area contributed by atoms with Crippen molar-refractivity contribution in [3.63, 3.8) is 0 Å². The Balaban J connectivity index is 2.10. The number of aryl methyl sites for hydroxylation is 2. The third-order valence-corrected chi connectivity index (χ3v) is 2.47. The number of anilines is 1. The van der Waals surface area contributed by atoms with Crippen molar-refractivity contribution >= 4 is 11.7 Å². The zero-order valence-corrected chi connectivity index (χ0v) is 10.5. The minimum Gasteiger partial charge on any atom is -0.311 e. The molecule has 0 spiro atoms. The number of hydrogen-bond donors (Lipinski definition) is 2. The number of nitrogens with one attached hydrogen (secondary N) is 2. The molecule has 19 heavy (non-hydrogen) atoms. The summed E-state index contributed by atoms with van der Waals surface area (Å²) in [6.07, 6.45) is 4.78. The minimum absolute atomic E-state index is 0.253. The van der Waals surface area contributed by atoms with Gasteiger partial charge in [-0.2, -0.15) is 0 Å². The number of aromatic nitrogens is 3. The second kappa shape index (κ2) is 5.90. The normalized spacial score (nSPS) is 10.2. The molecule has 0 atom stereocenters. The van der Waals surface area contributed by atoms with Gasteiger partial charge < -0.3 is 10.3 Å². The molecule has 1 amide bonds. The lowest BCUT2D eigenvalue weighted by molar-refractivity contribution is -0.114. The lowest BCUT2D eigenvalue weighted by Gasteiger charge is -2.04. The van der Waals surface area contributed by atoms with E-state index in [0.717, 1.165) is 12.0 Å². The first-order valence-electron chi connectivity index (χ1n) is 5.90. The molecule has 0 aliphatic carbocycles. The van der Waals surface area contributed by atoms with Crippen molar-refractivity contribution in [2.24, 2.45) is 0 Å². The predicted octanol–water partition coefficient (Wildman–Crippen LogP) is 0.908. The van der Waals surface area contributed by atoms with Gasteiger partial charge in [0.2, 0.25) is 5.91 Å². The topological polar surface area (TPSA) is 87.7 Å². The fourth-order valence-electron chi connectivity index (χ4n) is 1.68. The molecule has 98 valence electrons. The highest BCUT2D eigenvalue weighted by molar-refractivity contribution is 5.87. The van der Waals surface area contributed by atoms with Gasteiger partial charge in [-0.3, -0.25) is 14.6 Å². The van der Waals surface area contributed by atoms with Gasteiger partial charge in [-0.25, -0.2) is 4.98 Å². The van der Waals surface area contributed by atoms with Gasteiger partial charge in [-0.05, 0) is 18.1 Å². The number of rotatable bonds is 4. The fraction of sp³-hybridized carbons (Fsp3) is 0.231. The van der Waals surface area contributed by atoms with Crippen molar-refractivity contribution in [1.82, 2.24) is 15.0 Å². The van der Waals surface area contributed by atoms with Gasteiger partial charge in [0.25, 0.3) is 5.56 Å². The molecule has 0 aromatic carbocycles. The van der Waals surface area contributed by atoms with Gasteiger partial charge >= 0.3 is 0 Å². The summed E-state index contributed by atoms with van der Waals surface area (Å²) < 4.78 is 0. The van der Waals surface area contributed by atoms with Crippen LogP contribution in [0.5, 0.6) is 0 Å². The maximum absolute atomic E-state index is 11.4. The molecule has 0 radical (unpaired) electrons. The number of H-pyrrole nitrogens is 1. The summed E-state index contributed by atoms with van der Waals surface area (Å²) in [7, 11) is 0. The van der Waals surface area contributed by atoms with Crippen LogP contribution in [-0.2, 0) is 17.6 Å². The maximum atomic E-state index is 11.4. The first-order chi connectivity index (χ1) is 9.13. The lowest BCUT2D eigenvalue weighted by Crippen LogP contribution is -2.16. The Labute approximate surface area is 109 Å². The summed E-state index contributed by atoms with van der Waals surface area (Å²) in [5.74, 6) is 0.564. The second-order valence-corrected chi connectivity index (χ2v) is 4.12. The number of carbonyl (C=O) groups excluding carboxylic acids is 1. The van der Waals surface area contributed by atoms with Crippen molar-refractivity contribution in [2.45, 2.75) is 19.8 Å². The number of amides is 1. The number of carbonyl (C=O) groups is 1. The summed E-state index contributed by atoms with van der Waals surface area (Å²) in [6.45, 7) is 1.37. The van der Waals surface area contributed by atoms with Gasteiger partial charge in [-0.1, -0.05) is 6.07 Å². The standard InChI is InChI=1S/C13H14N4O2/c1-9(18)15-12-7-13(19)17-11(16-12)5-4-10-3-2-6-14-8-10/h2-3,6-8H,4-5H2,1H3,(H2,15,16,17,18,19). The van der Waals surface area contributed by atoms with Crippen LogP contribution in [0.15, 0.2) is 35.4 Å². The SMILES string of the molecule is CC(=O)Nc1cc(=O)[nH]c(CCc2cccnc2)n1. The molecule has 0 saturated carbocycles. The first kappa shape index (κ1) is 12.9. The molecule has 0 unspecified atom stereocenters. The van der Waals surface area contributed by atoms with Crippen molar-refractivity contribution < 1.29 is 4.79 Å². The van der Waals surface area contributed by atoms with Crippen LogP contribution in [0, 0.1) is 0 Å². The van der Waals surface area contributed by atoms with E-state index in [0.29, 0.717) is 12.2 Å². The molecule has 6 heteroatoms. The van der Waals surface area contributed by atoms with Gasteiger partial charge in [-0.15, -0.1) is 0 Å². The van der Waals surface area contributed by atoms with Gasteiger partial charge in [0.15, 0.2) is 0 Å². The predicted molar refractivity (Wildman–Crippen MR) is 70.8 cm³/mol. The highest BCUT2D eigenvalue weighted by atomic mass is 16.1. The van der Waals surface area contributed by atoms with E-state index >= 15 is 0 Å². The molecule has 2 rings (SSSR count). The molecule has 2 aromatic rings. The summed E-state index contributed by atoms with van der Waals surface area (Å²) in [6, 6.07) is 5.08. The lowest BCUT2D eigenvalue weighted by atomic mass is 10.1. The summed E-state index contributed by atoms with van der Waals surface area (Å²) in [5.41, 5.74) is 0.787. The highest BCUT2D eigenvalue weighted by Gasteiger charge is 2.03. The van der Waals surface area contributed by atoms with Gasteiger partial charge in [0.1, 0.15) is 11.6 Å². The van der Waals surface area contributed by atoms with Crippen LogP contribution in [0.25, 0.3) is 0 Å². The fourth-order valence-corrected chi connectivity index (χ4v) is 1.68. The monoisotopic (exact) mass is 258 g/mol. The van der Waals surface area contributed by atoms with E-state index in [-0.39, 0.29) is 17.3 Å². The molecule has 0 aliphatic heterocycles. The number of hydrogen-bond acceptors (Lipinski definition) is 4. The van der Waals surface area contributed by atoms with Crippen molar-refractivity contribution in [3.8, 4) is 0 Å². The summed E-state index contributed by atoms with van der Waals surface area (Å²) in [5, 5.41) is 2.50. The van der Waals surface area contributed by atoms with E-state index in [4.69, 9.17) is 0 Å². The second-order valence-electron chi connectivity index (χ2n) is 4.12. The Kier molecular flexibility index (Phi) is 4.02. The first-order valence-corrected chi connectivity index (χ1v) is 5.90.